The summed E-state index contributed by atoms with van der Waals surface area (Å²) in [6, 6.07) is 3.33. The van der Waals surface area contributed by atoms with Crippen LogP contribution >= 0.6 is 23.2 Å². The zero-order valence-corrected chi connectivity index (χ0v) is 12.7. The first-order chi connectivity index (χ1) is 8.97. The van der Waals surface area contributed by atoms with Crippen LogP contribution in [0, 0.1) is 12.8 Å². The highest BCUT2D eigenvalue weighted by molar-refractivity contribution is 6.36. The Morgan fingerprint density at radius 3 is 2.58 bits per heavy atom. The molecular formula is C14H18Cl2N2O. The van der Waals surface area contributed by atoms with Crippen LogP contribution in [0.25, 0.3) is 0 Å². The van der Waals surface area contributed by atoms with Gasteiger partial charge in [-0.3, -0.25) is 4.79 Å². The van der Waals surface area contributed by atoms with Gasteiger partial charge in [-0.15, -0.1) is 0 Å². The Hall–Kier alpha value is -0.770. The Labute approximate surface area is 123 Å². The molecule has 1 fully saturated rings. The maximum absolute atomic E-state index is 12.1. The second-order valence-electron chi connectivity index (χ2n) is 5.19. The summed E-state index contributed by atoms with van der Waals surface area (Å²) < 4.78 is 0. The monoisotopic (exact) mass is 300 g/mol. The topological polar surface area (TPSA) is 32.3 Å². The second-order valence-corrected chi connectivity index (χ2v) is 6.01. The molecule has 1 aliphatic rings. The molecule has 104 valence electrons. The fraction of sp³-hybridized carbons (Fsp3) is 0.500. The largest absolute Gasteiger partial charge is 0.352 e. The van der Waals surface area contributed by atoms with E-state index in [1.165, 1.54) is 0 Å². The van der Waals surface area contributed by atoms with Crippen LogP contribution in [-0.4, -0.2) is 37.5 Å². The number of nitrogens with zero attached hydrogens (tertiary/aromatic N) is 1. The van der Waals surface area contributed by atoms with Crippen molar-refractivity contribution >= 4 is 29.1 Å². The number of carbonyl (C=O) groups is 1. The summed E-state index contributed by atoms with van der Waals surface area (Å²) in [5.74, 6) is 0.420. The molecule has 3 nitrogen and oxygen atoms in total. The molecule has 1 aromatic rings. The lowest BCUT2D eigenvalue weighted by atomic mass is 10.1. The highest BCUT2D eigenvalue weighted by Crippen LogP contribution is 2.25. The first kappa shape index (κ1) is 14.6. The third-order valence-electron chi connectivity index (χ3n) is 3.58. The Bertz CT molecular complexity index is 467. The molecule has 1 atom stereocenters. The maximum atomic E-state index is 12.1. The van der Waals surface area contributed by atoms with E-state index < -0.39 is 0 Å². The molecule has 1 heterocycles. The van der Waals surface area contributed by atoms with E-state index in [0.717, 1.165) is 25.1 Å². The minimum absolute atomic E-state index is 0.113. The summed E-state index contributed by atoms with van der Waals surface area (Å²) in [5, 5.41) is 4.00. The van der Waals surface area contributed by atoms with Gasteiger partial charge < -0.3 is 10.2 Å². The van der Waals surface area contributed by atoms with E-state index in [1.54, 1.807) is 12.1 Å². The van der Waals surface area contributed by atoms with Gasteiger partial charge in [-0.05, 0) is 50.6 Å². The predicted molar refractivity (Wildman–Crippen MR) is 79.1 cm³/mol. The number of rotatable bonds is 3. The van der Waals surface area contributed by atoms with Crippen molar-refractivity contribution in [1.29, 1.82) is 0 Å². The molecular weight excluding hydrogens is 283 g/mol. The van der Waals surface area contributed by atoms with Crippen LogP contribution in [0.15, 0.2) is 12.1 Å². The molecule has 1 aliphatic heterocycles. The van der Waals surface area contributed by atoms with Gasteiger partial charge in [-0.2, -0.15) is 0 Å². The third kappa shape index (κ3) is 3.62. The van der Waals surface area contributed by atoms with Crippen molar-refractivity contribution in [2.24, 2.45) is 5.92 Å². The van der Waals surface area contributed by atoms with E-state index in [4.69, 9.17) is 23.2 Å². The Morgan fingerprint density at radius 2 is 2.05 bits per heavy atom. The molecule has 0 spiro atoms. The summed E-state index contributed by atoms with van der Waals surface area (Å²) in [6.07, 6.45) is 1.13. The Balaban J connectivity index is 1.96. The molecule has 1 amide bonds. The lowest BCUT2D eigenvalue weighted by Gasteiger charge is -2.12. The third-order valence-corrected chi connectivity index (χ3v) is 4.37. The number of halogens is 2. The van der Waals surface area contributed by atoms with Crippen LogP contribution in [0.3, 0.4) is 0 Å². The minimum Gasteiger partial charge on any atom is -0.352 e. The quantitative estimate of drug-likeness (QED) is 0.931. The molecule has 0 bridgehead atoms. The number of hydrogen-bond acceptors (Lipinski definition) is 2. The van der Waals surface area contributed by atoms with Gasteiger partial charge in [0.1, 0.15) is 0 Å². The van der Waals surface area contributed by atoms with Gasteiger partial charge in [0.2, 0.25) is 0 Å². The highest BCUT2D eigenvalue weighted by atomic mass is 35.5. The lowest BCUT2D eigenvalue weighted by molar-refractivity contribution is 0.0947. The van der Waals surface area contributed by atoms with Gasteiger partial charge in [0.05, 0.1) is 0 Å². The van der Waals surface area contributed by atoms with E-state index in [1.807, 2.05) is 6.92 Å². The van der Waals surface area contributed by atoms with E-state index in [2.05, 4.69) is 17.3 Å². The van der Waals surface area contributed by atoms with Crippen molar-refractivity contribution in [3.63, 3.8) is 0 Å². The van der Waals surface area contributed by atoms with E-state index >= 15 is 0 Å². The maximum Gasteiger partial charge on any atom is 0.251 e. The van der Waals surface area contributed by atoms with Crippen molar-refractivity contribution < 1.29 is 4.79 Å². The molecule has 0 saturated carbocycles. The zero-order valence-electron chi connectivity index (χ0n) is 11.2. The van der Waals surface area contributed by atoms with Crippen molar-refractivity contribution in [2.75, 3.05) is 26.7 Å². The molecule has 2 rings (SSSR count). The van der Waals surface area contributed by atoms with Gasteiger partial charge in [0, 0.05) is 28.7 Å². The van der Waals surface area contributed by atoms with Gasteiger partial charge in [0.15, 0.2) is 0 Å². The molecule has 1 aromatic carbocycles. The molecule has 1 unspecified atom stereocenters. The Kier molecular flexibility index (Phi) is 4.71. The zero-order chi connectivity index (χ0) is 14.0. The number of amides is 1. The summed E-state index contributed by atoms with van der Waals surface area (Å²) in [6.45, 7) is 4.67. The van der Waals surface area contributed by atoms with Gasteiger partial charge in [-0.25, -0.2) is 0 Å². The van der Waals surface area contributed by atoms with Crippen LogP contribution in [0.1, 0.15) is 22.3 Å². The van der Waals surface area contributed by atoms with Gasteiger partial charge >= 0.3 is 0 Å². The summed E-state index contributed by atoms with van der Waals surface area (Å²) in [5.41, 5.74) is 1.32. The number of benzene rings is 1. The molecule has 0 radical (unpaired) electrons. The number of hydrogen-bond donors (Lipinski definition) is 1. The lowest BCUT2D eigenvalue weighted by Crippen LogP contribution is -2.30. The minimum atomic E-state index is -0.113. The van der Waals surface area contributed by atoms with Crippen molar-refractivity contribution in [2.45, 2.75) is 13.3 Å². The molecule has 1 saturated heterocycles. The fourth-order valence-corrected chi connectivity index (χ4v) is 2.80. The number of likely N-dealkylation sites (tertiary alicyclic amines) is 1. The van der Waals surface area contributed by atoms with Crippen molar-refractivity contribution in [3.8, 4) is 0 Å². The standard InChI is InChI=1S/C14H18Cl2N2O/c1-9-12(15)5-11(6-13(9)16)14(19)17-7-10-3-4-18(2)8-10/h5-6,10H,3-4,7-8H2,1-2H3,(H,17,19). The number of carbonyl (C=O) groups excluding carboxylic acids is 1. The van der Waals surface area contributed by atoms with Crippen molar-refractivity contribution in [1.82, 2.24) is 10.2 Å². The van der Waals surface area contributed by atoms with Crippen LogP contribution in [0.4, 0.5) is 0 Å². The molecule has 0 aliphatic carbocycles. The Morgan fingerprint density at radius 1 is 1.42 bits per heavy atom. The molecule has 0 aromatic heterocycles. The molecule has 19 heavy (non-hydrogen) atoms. The average molecular weight is 301 g/mol. The fourth-order valence-electron chi connectivity index (χ4n) is 2.31. The summed E-state index contributed by atoms with van der Waals surface area (Å²) in [7, 11) is 2.10. The van der Waals surface area contributed by atoms with E-state index in [0.29, 0.717) is 28.1 Å². The number of nitrogens with one attached hydrogen (secondary N) is 1. The SMILES string of the molecule is Cc1c(Cl)cc(C(=O)NCC2CCN(C)C2)cc1Cl. The summed E-state index contributed by atoms with van der Waals surface area (Å²) in [4.78, 5) is 14.3. The van der Waals surface area contributed by atoms with Crippen LogP contribution in [-0.2, 0) is 0 Å². The first-order valence-electron chi connectivity index (χ1n) is 6.39. The van der Waals surface area contributed by atoms with Crippen LogP contribution in [0.5, 0.6) is 0 Å². The smallest absolute Gasteiger partial charge is 0.251 e. The van der Waals surface area contributed by atoms with Gasteiger partial charge in [0.25, 0.3) is 5.91 Å². The van der Waals surface area contributed by atoms with E-state index in [9.17, 15) is 4.79 Å². The van der Waals surface area contributed by atoms with Crippen molar-refractivity contribution in [3.05, 3.63) is 33.3 Å². The van der Waals surface area contributed by atoms with Crippen LogP contribution < -0.4 is 5.32 Å². The molecule has 1 N–H and O–H groups in total. The average Bonchev–Trinajstić information content (AvgIpc) is 2.78. The second kappa shape index (κ2) is 6.12. The molecule has 5 heteroatoms. The van der Waals surface area contributed by atoms with E-state index in [-0.39, 0.29) is 5.91 Å². The highest BCUT2D eigenvalue weighted by Gasteiger charge is 2.20. The van der Waals surface area contributed by atoms with Crippen LogP contribution in [0.2, 0.25) is 10.0 Å². The predicted octanol–water partition coefficient (Wildman–Crippen LogP) is 2.98. The first-order valence-corrected chi connectivity index (χ1v) is 7.15. The van der Waals surface area contributed by atoms with Gasteiger partial charge in [-0.1, -0.05) is 23.2 Å². The normalized spacial score (nSPS) is 19.7. The summed E-state index contributed by atoms with van der Waals surface area (Å²) >= 11 is 12.1.